The molecule has 1 N–H and O–H groups in total. The van der Waals surface area contributed by atoms with Crippen LogP contribution in [0.3, 0.4) is 0 Å². The maximum absolute atomic E-state index is 11.9. The Morgan fingerprint density at radius 2 is 1.71 bits per heavy atom. The number of esters is 2. The second kappa shape index (κ2) is 10.5. The maximum atomic E-state index is 11.9. The van der Waals surface area contributed by atoms with Gasteiger partial charge >= 0.3 is 11.9 Å². The SMILES string of the molecule is Cc1ccccc1SCC(=O)OCC(=O)Nc1ccc(C(=O)OC(C)C)cc1. The van der Waals surface area contributed by atoms with E-state index in [0.717, 1.165) is 10.5 Å². The summed E-state index contributed by atoms with van der Waals surface area (Å²) in [7, 11) is 0. The molecule has 0 aliphatic carbocycles. The third-order valence-corrected chi connectivity index (χ3v) is 4.70. The smallest absolute Gasteiger partial charge is 0.338 e. The van der Waals surface area contributed by atoms with Crippen LogP contribution >= 0.6 is 11.8 Å². The number of amides is 1. The molecule has 0 aliphatic rings. The van der Waals surface area contributed by atoms with Crippen LogP contribution in [0.5, 0.6) is 0 Å². The summed E-state index contributed by atoms with van der Waals surface area (Å²) in [6, 6.07) is 14.0. The molecule has 0 radical (unpaired) electrons. The largest absolute Gasteiger partial charge is 0.459 e. The van der Waals surface area contributed by atoms with Gasteiger partial charge in [-0.1, -0.05) is 18.2 Å². The average Bonchev–Trinajstić information content (AvgIpc) is 2.65. The second-order valence-electron chi connectivity index (χ2n) is 6.29. The van der Waals surface area contributed by atoms with E-state index in [0.29, 0.717) is 11.3 Å². The van der Waals surface area contributed by atoms with E-state index in [9.17, 15) is 14.4 Å². The molecular weight excluding hydrogens is 378 g/mol. The summed E-state index contributed by atoms with van der Waals surface area (Å²) in [4.78, 5) is 36.5. The Morgan fingerprint density at radius 1 is 1.04 bits per heavy atom. The standard InChI is InChI=1S/C21H23NO5S/c1-14(2)27-21(25)16-8-10-17(11-9-16)22-19(23)12-26-20(24)13-28-18-7-5-4-6-15(18)3/h4-11,14H,12-13H2,1-3H3,(H,22,23). The van der Waals surface area contributed by atoms with E-state index in [-0.39, 0.29) is 18.5 Å². The highest BCUT2D eigenvalue weighted by atomic mass is 32.2. The lowest BCUT2D eigenvalue weighted by atomic mass is 10.2. The first kappa shape index (κ1) is 21.5. The van der Waals surface area contributed by atoms with Crippen molar-refractivity contribution in [3.05, 3.63) is 59.7 Å². The molecule has 6 nitrogen and oxygen atoms in total. The normalized spacial score (nSPS) is 10.4. The van der Waals surface area contributed by atoms with Crippen LogP contribution in [0, 0.1) is 6.92 Å². The van der Waals surface area contributed by atoms with Crippen LogP contribution in [-0.2, 0) is 19.1 Å². The molecule has 2 rings (SSSR count). The third-order valence-electron chi connectivity index (χ3n) is 3.55. The van der Waals surface area contributed by atoms with Crippen molar-refractivity contribution in [1.29, 1.82) is 0 Å². The predicted octanol–water partition coefficient (Wildman–Crippen LogP) is 3.83. The van der Waals surface area contributed by atoms with E-state index in [4.69, 9.17) is 9.47 Å². The van der Waals surface area contributed by atoms with Gasteiger partial charge in [0.15, 0.2) is 6.61 Å². The Labute approximate surface area is 168 Å². The molecule has 0 fully saturated rings. The number of rotatable bonds is 8. The van der Waals surface area contributed by atoms with E-state index in [2.05, 4.69) is 5.32 Å². The molecule has 0 heterocycles. The first-order valence-corrected chi connectivity index (χ1v) is 9.78. The number of hydrogen-bond donors (Lipinski definition) is 1. The summed E-state index contributed by atoms with van der Waals surface area (Å²) in [5, 5.41) is 2.61. The van der Waals surface area contributed by atoms with E-state index >= 15 is 0 Å². The molecule has 0 spiro atoms. The van der Waals surface area contributed by atoms with Gasteiger partial charge in [0.2, 0.25) is 0 Å². The molecule has 148 valence electrons. The minimum absolute atomic E-state index is 0.130. The number of carbonyl (C=O) groups excluding carboxylic acids is 3. The molecule has 0 atom stereocenters. The number of carbonyl (C=O) groups is 3. The molecule has 7 heteroatoms. The fraction of sp³-hybridized carbons (Fsp3) is 0.286. The molecule has 2 aromatic rings. The van der Waals surface area contributed by atoms with Crippen molar-refractivity contribution in [3.8, 4) is 0 Å². The molecule has 0 aromatic heterocycles. The van der Waals surface area contributed by atoms with Crippen LogP contribution < -0.4 is 5.32 Å². The summed E-state index contributed by atoms with van der Waals surface area (Å²) in [6.07, 6.45) is -0.203. The van der Waals surface area contributed by atoms with Crippen molar-refractivity contribution in [2.45, 2.75) is 31.8 Å². The van der Waals surface area contributed by atoms with Gasteiger partial charge in [0.25, 0.3) is 5.91 Å². The highest BCUT2D eigenvalue weighted by Gasteiger charge is 2.11. The zero-order valence-electron chi connectivity index (χ0n) is 16.1. The van der Waals surface area contributed by atoms with E-state index in [1.54, 1.807) is 38.1 Å². The second-order valence-corrected chi connectivity index (χ2v) is 7.31. The maximum Gasteiger partial charge on any atom is 0.338 e. The Kier molecular flexibility index (Phi) is 8.07. The van der Waals surface area contributed by atoms with Gasteiger partial charge in [-0.15, -0.1) is 11.8 Å². The van der Waals surface area contributed by atoms with Gasteiger partial charge in [-0.3, -0.25) is 9.59 Å². The van der Waals surface area contributed by atoms with Crippen LogP contribution in [0.25, 0.3) is 0 Å². The van der Waals surface area contributed by atoms with Crippen molar-refractivity contribution < 1.29 is 23.9 Å². The molecule has 2 aromatic carbocycles. The molecule has 0 bridgehead atoms. The van der Waals surface area contributed by atoms with Gasteiger partial charge in [0.1, 0.15) is 0 Å². The summed E-state index contributed by atoms with van der Waals surface area (Å²) in [5.41, 5.74) is 1.97. The van der Waals surface area contributed by atoms with Crippen LogP contribution in [-0.4, -0.2) is 36.3 Å². The van der Waals surface area contributed by atoms with E-state index in [1.807, 2.05) is 31.2 Å². The van der Waals surface area contributed by atoms with Gasteiger partial charge in [-0.2, -0.15) is 0 Å². The van der Waals surface area contributed by atoms with Gasteiger partial charge in [0.05, 0.1) is 17.4 Å². The average molecular weight is 401 g/mol. The zero-order chi connectivity index (χ0) is 20.5. The Balaban J connectivity index is 1.75. The van der Waals surface area contributed by atoms with Crippen molar-refractivity contribution in [1.82, 2.24) is 0 Å². The number of thioether (sulfide) groups is 1. The van der Waals surface area contributed by atoms with Crippen LogP contribution in [0.2, 0.25) is 0 Å². The van der Waals surface area contributed by atoms with Crippen LogP contribution in [0.1, 0.15) is 29.8 Å². The first-order valence-electron chi connectivity index (χ1n) is 8.80. The van der Waals surface area contributed by atoms with Crippen molar-refractivity contribution in [2.24, 2.45) is 0 Å². The summed E-state index contributed by atoms with van der Waals surface area (Å²) < 4.78 is 10.1. The van der Waals surface area contributed by atoms with Crippen LogP contribution in [0.4, 0.5) is 5.69 Å². The lowest BCUT2D eigenvalue weighted by molar-refractivity contribution is -0.144. The number of benzene rings is 2. The lowest BCUT2D eigenvalue weighted by Crippen LogP contribution is -2.21. The highest BCUT2D eigenvalue weighted by molar-refractivity contribution is 8.00. The quantitative estimate of drug-likeness (QED) is 0.535. The number of nitrogens with one attached hydrogen (secondary N) is 1. The van der Waals surface area contributed by atoms with Crippen molar-refractivity contribution in [3.63, 3.8) is 0 Å². The molecule has 0 unspecified atom stereocenters. The van der Waals surface area contributed by atoms with Crippen LogP contribution in [0.15, 0.2) is 53.4 Å². The predicted molar refractivity (Wildman–Crippen MR) is 108 cm³/mol. The fourth-order valence-corrected chi connectivity index (χ4v) is 3.04. The Morgan fingerprint density at radius 3 is 2.36 bits per heavy atom. The molecule has 28 heavy (non-hydrogen) atoms. The molecular formula is C21H23NO5S. The van der Waals surface area contributed by atoms with Gasteiger partial charge in [-0.25, -0.2) is 4.79 Å². The highest BCUT2D eigenvalue weighted by Crippen LogP contribution is 2.21. The Bertz CT molecular complexity index is 833. The summed E-state index contributed by atoms with van der Waals surface area (Å²) in [6.45, 7) is 5.14. The topological polar surface area (TPSA) is 81.7 Å². The minimum atomic E-state index is -0.463. The number of hydrogen-bond acceptors (Lipinski definition) is 6. The minimum Gasteiger partial charge on any atom is -0.459 e. The lowest BCUT2D eigenvalue weighted by Gasteiger charge is -2.09. The summed E-state index contributed by atoms with van der Waals surface area (Å²) in [5.74, 6) is -1.21. The fourth-order valence-electron chi connectivity index (χ4n) is 2.21. The molecule has 0 aliphatic heterocycles. The molecule has 1 amide bonds. The third kappa shape index (κ3) is 7.08. The molecule has 0 saturated carbocycles. The molecule has 0 saturated heterocycles. The van der Waals surface area contributed by atoms with Gasteiger partial charge in [0, 0.05) is 10.6 Å². The number of ether oxygens (including phenoxy) is 2. The van der Waals surface area contributed by atoms with Gasteiger partial charge < -0.3 is 14.8 Å². The van der Waals surface area contributed by atoms with E-state index < -0.39 is 17.8 Å². The zero-order valence-corrected chi connectivity index (χ0v) is 16.9. The monoisotopic (exact) mass is 401 g/mol. The van der Waals surface area contributed by atoms with Gasteiger partial charge in [-0.05, 0) is 56.7 Å². The summed E-state index contributed by atoms with van der Waals surface area (Å²) >= 11 is 1.37. The first-order chi connectivity index (χ1) is 13.3. The van der Waals surface area contributed by atoms with Crippen molar-refractivity contribution >= 4 is 35.3 Å². The van der Waals surface area contributed by atoms with Crippen molar-refractivity contribution in [2.75, 3.05) is 17.7 Å². The number of anilines is 1. The number of aryl methyl sites for hydroxylation is 1. The van der Waals surface area contributed by atoms with E-state index in [1.165, 1.54) is 11.8 Å². The Hall–Kier alpha value is -2.80.